The third kappa shape index (κ3) is 3.73. The Bertz CT molecular complexity index is 1180. The fourth-order valence-electron chi connectivity index (χ4n) is 4.56. The molecule has 4 nitrogen and oxygen atoms in total. The summed E-state index contributed by atoms with van der Waals surface area (Å²) in [5.41, 5.74) is 4.45. The van der Waals surface area contributed by atoms with Crippen molar-refractivity contribution in [3.63, 3.8) is 0 Å². The molecule has 1 aliphatic heterocycles. The molecule has 1 aliphatic rings. The molecule has 4 heteroatoms. The molecule has 4 aromatic rings. The van der Waals surface area contributed by atoms with Gasteiger partial charge in [0.1, 0.15) is 5.60 Å². The summed E-state index contributed by atoms with van der Waals surface area (Å²) < 4.78 is 18.4. The average molecular weight is 438 g/mol. The van der Waals surface area contributed by atoms with Gasteiger partial charge in [-0.3, -0.25) is 0 Å². The van der Waals surface area contributed by atoms with Gasteiger partial charge in [0.05, 0.1) is 13.7 Å². The van der Waals surface area contributed by atoms with Gasteiger partial charge in [0.2, 0.25) is 0 Å². The molecular weight excluding hydrogens is 410 g/mol. The molecule has 1 heterocycles. The zero-order valence-corrected chi connectivity index (χ0v) is 18.8. The molecule has 0 spiro atoms. The summed E-state index contributed by atoms with van der Waals surface area (Å²) in [6, 6.07) is 35.1. The molecule has 33 heavy (non-hydrogen) atoms. The Morgan fingerprint density at radius 3 is 2.06 bits per heavy atom. The highest BCUT2D eigenvalue weighted by Crippen LogP contribution is 2.50. The van der Waals surface area contributed by atoms with Crippen LogP contribution in [-0.4, -0.2) is 13.7 Å². The van der Waals surface area contributed by atoms with Gasteiger partial charge in [-0.2, -0.15) is 0 Å². The number of anilines is 1. The van der Waals surface area contributed by atoms with Crippen molar-refractivity contribution >= 4 is 5.69 Å². The summed E-state index contributed by atoms with van der Waals surface area (Å²) in [7, 11) is 1.66. The molecule has 4 aromatic carbocycles. The van der Waals surface area contributed by atoms with Crippen molar-refractivity contribution in [2.24, 2.45) is 0 Å². The lowest BCUT2D eigenvalue weighted by Crippen LogP contribution is -2.40. The second-order valence-corrected chi connectivity index (χ2v) is 7.94. The van der Waals surface area contributed by atoms with Crippen LogP contribution >= 0.6 is 0 Å². The Kier molecular flexibility index (Phi) is 5.76. The SMILES string of the molecule is CCOc1ccc([C@H]2Nc3ccccc3C(c3ccccc3)(c3ccccc3)O2)cc1OC. The first-order valence-corrected chi connectivity index (χ1v) is 11.2. The summed E-state index contributed by atoms with van der Waals surface area (Å²) >= 11 is 0. The van der Waals surface area contributed by atoms with Gasteiger partial charge in [-0.1, -0.05) is 84.9 Å². The lowest BCUT2D eigenvalue weighted by atomic mass is 9.78. The zero-order valence-electron chi connectivity index (χ0n) is 18.8. The molecule has 0 radical (unpaired) electrons. The molecule has 0 bridgehead atoms. The summed E-state index contributed by atoms with van der Waals surface area (Å²) in [4.78, 5) is 0. The van der Waals surface area contributed by atoms with Gasteiger partial charge in [0, 0.05) is 16.8 Å². The number of benzene rings is 4. The molecule has 0 saturated carbocycles. The number of nitrogens with one attached hydrogen (secondary N) is 1. The minimum Gasteiger partial charge on any atom is -0.493 e. The number of hydrogen-bond donors (Lipinski definition) is 1. The largest absolute Gasteiger partial charge is 0.493 e. The normalized spacial score (nSPS) is 16.4. The lowest BCUT2D eigenvalue weighted by molar-refractivity contribution is -0.0433. The molecule has 5 rings (SSSR count). The Hall–Kier alpha value is -3.76. The van der Waals surface area contributed by atoms with Crippen molar-refractivity contribution < 1.29 is 14.2 Å². The van der Waals surface area contributed by atoms with Crippen molar-refractivity contribution in [3.8, 4) is 11.5 Å². The summed E-state index contributed by atoms with van der Waals surface area (Å²) in [6.45, 7) is 2.54. The van der Waals surface area contributed by atoms with Crippen LogP contribution in [0.2, 0.25) is 0 Å². The topological polar surface area (TPSA) is 39.7 Å². The maximum absolute atomic E-state index is 7.05. The number of rotatable bonds is 6. The smallest absolute Gasteiger partial charge is 0.161 e. The van der Waals surface area contributed by atoms with Crippen LogP contribution < -0.4 is 14.8 Å². The monoisotopic (exact) mass is 437 g/mol. The summed E-state index contributed by atoms with van der Waals surface area (Å²) in [6.07, 6.45) is -0.398. The molecule has 1 N–H and O–H groups in total. The van der Waals surface area contributed by atoms with E-state index < -0.39 is 11.8 Å². The molecule has 166 valence electrons. The van der Waals surface area contributed by atoms with Crippen molar-refractivity contribution in [2.45, 2.75) is 18.8 Å². The van der Waals surface area contributed by atoms with E-state index in [1.54, 1.807) is 7.11 Å². The fourth-order valence-corrected chi connectivity index (χ4v) is 4.56. The quantitative estimate of drug-likeness (QED) is 0.372. The molecule has 0 aromatic heterocycles. The summed E-state index contributed by atoms with van der Waals surface area (Å²) in [5.74, 6) is 1.40. The minimum absolute atomic E-state index is 0.398. The van der Waals surface area contributed by atoms with Crippen molar-refractivity contribution in [1.82, 2.24) is 0 Å². The number of ether oxygens (including phenoxy) is 3. The van der Waals surface area contributed by atoms with Crippen LogP contribution in [-0.2, 0) is 10.3 Å². The predicted molar refractivity (Wildman–Crippen MR) is 131 cm³/mol. The van der Waals surface area contributed by atoms with Crippen LogP contribution in [0.3, 0.4) is 0 Å². The van der Waals surface area contributed by atoms with E-state index in [9.17, 15) is 0 Å². The van der Waals surface area contributed by atoms with Gasteiger partial charge in [0.25, 0.3) is 0 Å². The van der Waals surface area contributed by atoms with Crippen LogP contribution in [0.5, 0.6) is 11.5 Å². The van der Waals surface area contributed by atoms with Crippen molar-refractivity contribution in [3.05, 3.63) is 125 Å². The average Bonchev–Trinajstić information content (AvgIpc) is 2.89. The third-order valence-corrected chi connectivity index (χ3v) is 6.04. The second-order valence-electron chi connectivity index (χ2n) is 7.94. The highest BCUT2D eigenvalue weighted by atomic mass is 16.5. The van der Waals surface area contributed by atoms with Gasteiger partial charge in [-0.25, -0.2) is 0 Å². The van der Waals surface area contributed by atoms with E-state index in [0.717, 1.165) is 33.7 Å². The van der Waals surface area contributed by atoms with E-state index in [-0.39, 0.29) is 0 Å². The van der Waals surface area contributed by atoms with Gasteiger partial charge >= 0.3 is 0 Å². The number of fused-ring (bicyclic) bond motifs is 1. The molecule has 0 aliphatic carbocycles. The van der Waals surface area contributed by atoms with E-state index in [1.165, 1.54) is 0 Å². The van der Waals surface area contributed by atoms with Crippen LogP contribution in [0, 0.1) is 0 Å². The third-order valence-electron chi connectivity index (χ3n) is 6.04. The van der Waals surface area contributed by atoms with Crippen molar-refractivity contribution in [2.75, 3.05) is 19.0 Å². The van der Waals surface area contributed by atoms with Gasteiger partial charge in [-0.05, 0) is 36.2 Å². The van der Waals surface area contributed by atoms with Crippen LogP contribution in [0.1, 0.15) is 35.4 Å². The number of hydrogen-bond acceptors (Lipinski definition) is 4. The Labute approximate surface area is 194 Å². The van der Waals surface area contributed by atoms with Crippen LogP contribution in [0.15, 0.2) is 103 Å². The maximum Gasteiger partial charge on any atom is 0.161 e. The van der Waals surface area contributed by atoms with E-state index in [0.29, 0.717) is 12.4 Å². The highest BCUT2D eigenvalue weighted by Gasteiger charge is 2.45. The predicted octanol–water partition coefficient (Wildman–Crippen LogP) is 6.53. The van der Waals surface area contributed by atoms with E-state index >= 15 is 0 Å². The zero-order chi connectivity index (χ0) is 22.7. The first-order valence-electron chi connectivity index (χ1n) is 11.2. The van der Waals surface area contributed by atoms with Gasteiger partial charge < -0.3 is 19.5 Å². The lowest BCUT2D eigenvalue weighted by Gasteiger charge is -2.44. The van der Waals surface area contributed by atoms with Crippen LogP contribution in [0.25, 0.3) is 0 Å². The van der Waals surface area contributed by atoms with E-state index in [2.05, 4.69) is 72.0 Å². The maximum atomic E-state index is 7.05. The van der Waals surface area contributed by atoms with Gasteiger partial charge in [0.15, 0.2) is 17.7 Å². The van der Waals surface area contributed by atoms with Gasteiger partial charge in [-0.15, -0.1) is 0 Å². The Morgan fingerprint density at radius 2 is 1.42 bits per heavy atom. The number of para-hydroxylation sites is 1. The molecular formula is C29H27NO3. The summed E-state index contributed by atoms with van der Waals surface area (Å²) in [5, 5.41) is 3.59. The Morgan fingerprint density at radius 1 is 0.788 bits per heavy atom. The molecule has 0 unspecified atom stereocenters. The molecule has 0 saturated heterocycles. The van der Waals surface area contributed by atoms with Crippen molar-refractivity contribution in [1.29, 1.82) is 0 Å². The fraction of sp³-hybridized carbons (Fsp3) is 0.172. The molecule has 0 amide bonds. The Balaban J connectivity index is 1.70. The standard InChI is InChI=1S/C29H27NO3/c1-3-32-26-19-18-21(20-27(26)31-2)28-30-25-17-11-10-16-24(25)29(33-28,22-12-6-4-7-13-22)23-14-8-5-9-15-23/h4-20,28,30H,3H2,1-2H3/t28-/m0/s1. The highest BCUT2D eigenvalue weighted by molar-refractivity contribution is 5.64. The molecule has 0 fully saturated rings. The molecule has 1 atom stereocenters. The first-order chi connectivity index (χ1) is 16.3. The van der Waals surface area contributed by atoms with E-state index in [1.807, 2.05) is 43.3 Å². The first kappa shape index (κ1) is 21.1. The van der Waals surface area contributed by atoms with Crippen LogP contribution in [0.4, 0.5) is 5.69 Å². The minimum atomic E-state index is -0.777. The van der Waals surface area contributed by atoms with E-state index in [4.69, 9.17) is 14.2 Å². The second kappa shape index (κ2) is 9.00. The number of methoxy groups -OCH3 is 1.